The van der Waals surface area contributed by atoms with Gasteiger partial charge in [-0.1, -0.05) is 30.7 Å². The number of amides is 1. The maximum absolute atomic E-state index is 13.1. The van der Waals surface area contributed by atoms with Crippen LogP contribution >= 0.6 is 11.6 Å². The summed E-state index contributed by atoms with van der Waals surface area (Å²) in [6.07, 6.45) is 6.80. The van der Waals surface area contributed by atoms with E-state index in [4.69, 9.17) is 11.6 Å². The molecule has 0 aliphatic carbocycles. The summed E-state index contributed by atoms with van der Waals surface area (Å²) >= 11 is 5.97. The molecule has 2 fully saturated rings. The van der Waals surface area contributed by atoms with Crippen molar-refractivity contribution < 1.29 is 4.79 Å². The van der Waals surface area contributed by atoms with Crippen LogP contribution in [0.25, 0.3) is 0 Å². The Labute approximate surface area is 144 Å². The highest BCUT2D eigenvalue weighted by Gasteiger charge is 2.36. The summed E-state index contributed by atoms with van der Waals surface area (Å²) in [5.74, 6) is 0.364. The van der Waals surface area contributed by atoms with Gasteiger partial charge in [0.15, 0.2) is 0 Å². The van der Waals surface area contributed by atoms with E-state index in [9.17, 15) is 4.79 Å². The van der Waals surface area contributed by atoms with Gasteiger partial charge in [-0.25, -0.2) is 0 Å². The molecule has 3 nitrogen and oxygen atoms in total. The van der Waals surface area contributed by atoms with Gasteiger partial charge < -0.3 is 4.90 Å². The first-order valence-electron chi connectivity index (χ1n) is 8.98. The molecule has 4 heteroatoms. The van der Waals surface area contributed by atoms with Gasteiger partial charge in [0, 0.05) is 24.2 Å². The zero-order valence-electron chi connectivity index (χ0n) is 14.0. The Hall–Kier alpha value is -1.06. The molecule has 0 bridgehead atoms. The highest BCUT2D eigenvalue weighted by Crippen LogP contribution is 2.26. The number of hydrogen-bond donors (Lipinski definition) is 0. The van der Waals surface area contributed by atoms with Gasteiger partial charge >= 0.3 is 0 Å². The topological polar surface area (TPSA) is 23.6 Å². The van der Waals surface area contributed by atoms with Crippen LogP contribution in [0.2, 0.25) is 5.02 Å². The molecule has 0 radical (unpaired) electrons. The van der Waals surface area contributed by atoms with Crippen molar-refractivity contribution in [2.75, 3.05) is 13.1 Å². The normalized spacial score (nSPS) is 25.7. The van der Waals surface area contributed by atoms with Crippen molar-refractivity contribution >= 4 is 17.5 Å². The fraction of sp³-hybridized carbons (Fsp3) is 0.632. The number of carbonyl (C=O) groups is 1. The van der Waals surface area contributed by atoms with Gasteiger partial charge in [0.2, 0.25) is 5.91 Å². The van der Waals surface area contributed by atoms with Crippen molar-refractivity contribution in [2.24, 2.45) is 0 Å². The third kappa shape index (κ3) is 3.89. The first-order valence-corrected chi connectivity index (χ1v) is 9.36. The number of likely N-dealkylation sites (tertiary alicyclic amines) is 2. The number of piperidine rings is 1. The van der Waals surface area contributed by atoms with Crippen molar-refractivity contribution in [1.82, 2.24) is 9.80 Å². The maximum Gasteiger partial charge on any atom is 0.240 e. The van der Waals surface area contributed by atoms with Gasteiger partial charge in [-0.2, -0.15) is 0 Å². The summed E-state index contributed by atoms with van der Waals surface area (Å²) in [5.41, 5.74) is 1.24. The van der Waals surface area contributed by atoms with Crippen molar-refractivity contribution in [3.63, 3.8) is 0 Å². The standard InChI is InChI=1S/C19H27ClN2O/c1-2-17-6-3-4-13-22(17)19(23)18-7-5-12-21(18)14-15-8-10-16(20)11-9-15/h8-11,17-18H,2-7,12-14H2,1H3/t17?,18-/m1/s1. The lowest BCUT2D eigenvalue weighted by Gasteiger charge is -2.38. The third-order valence-corrected chi connectivity index (χ3v) is 5.58. The van der Waals surface area contributed by atoms with Crippen LogP contribution in [0.1, 0.15) is 51.0 Å². The van der Waals surface area contributed by atoms with Gasteiger partial charge in [-0.05, 0) is 62.8 Å². The summed E-state index contributed by atoms with van der Waals surface area (Å²) < 4.78 is 0. The van der Waals surface area contributed by atoms with Gasteiger partial charge in [-0.15, -0.1) is 0 Å². The first kappa shape index (κ1) is 16.8. The van der Waals surface area contributed by atoms with Crippen LogP contribution in [0.15, 0.2) is 24.3 Å². The van der Waals surface area contributed by atoms with Gasteiger partial charge in [0.25, 0.3) is 0 Å². The largest absolute Gasteiger partial charge is 0.338 e. The number of nitrogens with zero attached hydrogens (tertiary/aromatic N) is 2. The fourth-order valence-corrected chi connectivity index (χ4v) is 4.15. The molecule has 2 atom stereocenters. The lowest BCUT2D eigenvalue weighted by Crippen LogP contribution is -2.51. The van der Waals surface area contributed by atoms with E-state index >= 15 is 0 Å². The summed E-state index contributed by atoms with van der Waals surface area (Å²) in [6, 6.07) is 8.52. The van der Waals surface area contributed by atoms with Gasteiger partial charge in [-0.3, -0.25) is 9.69 Å². The number of rotatable bonds is 4. The Morgan fingerprint density at radius 1 is 1.13 bits per heavy atom. The summed E-state index contributed by atoms with van der Waals surface area (Å²) in [5, 5.41) is 0.766. The number of carbonyl (C=O) groups excluding carboxylic acids is 1. The van der Waals surface area contributed by atoms with Crippen LogP contribution in [0.4, 0.5) is 0 Å². The van der Waals surface area contributed by atoms with E-state index < -0.39 is 0 Å². The molecule has 2 aliphatic rings. The quantitative estimate of drug-likeness (QED) is 0.827. The van der Waals surface area contributed by atoms with Gasteiger partial charge in [0.05, 0.1) is 6.04 Å². The monoisotopic (exact) mass is 334 g/mol. The van der Waals surface area contributed by atoms with Crippen LogP contribution in [0.3, 0.4) is 0 Å². The molecule has 3 rings (SSSR count). The molecule has 1 unspecified atom stereocenters. The Balaban J connectivity index is 1.67. The van der Waals surface area contributed by atoms with Crippen molar-refractivity contribution in [2.45, 2.75) is 64.1 Å². The van der Waals surface area contributed by atoms with Crippen molar-refractivity contribution in [3.05, 3.63) is 34.9 Å². The van der Waals surface area contributed by atoms with E-state index in [2.05, 4.69) is 28.9 Å². The van der Waals surface area contributed by atoms with Crippen LogP contribution in [-0.2, 0) is 11.3 Å². The Kier molecular flexibility index (Phi) is 5.60. The predicted octanol–water partition coefficient (Wildman–Crippen LogP) is 4.10. The minimum atomic E-state index is 0.0674. The highest BCUT2D eigenvalue weighted by atomic mass is 35.5. The molecule has 1 aromatic rings. The van der Waals surface area contributed by atoms with E-state index in [0.717, 1.165) is 50.3 Å². The fourth-order valence-electron chi connectivity index (χ4n) is 4.03. The van der Waals surface area contributed by atoms with Gasteiger partial charge in [0.1, 0.15) is 0 Å². The lowest BCUT2D eigenvalue weighted by molar-refractivity contribution is -0.140. The van der Waals surface area contributed by atoms with Crippen molar-refractivity contribution in [3.8, 4) is 0 Å². The zero-order valence-corrected chi connectivity index (χ0v) is 14.8. The molecule has 1 amide bonds. The summed E-state index contributed by atoms with van der Waals surface area (Å²) in [7, 11) is 0. The van der Waals surface area contributed by atoms with Crippen LogP contribution < -0.4 is 0 Å². The Bertz CT molecular complexity index is 531. The molecule has 0 N–H and O–H groups in total. The number of hydrogen-bond acceptors (Lipinski definition) is 2. The maximum atomic E-state index is 13.1. The van der Waals surface area contributed by atoms with Crippen molar-refractivity contribution in [1.29, 1.82) is 0 Å². The Morgan fingerprint density at radius 3 is 2.65 bits per heavy atom. The molecule has 0 spiro atoms. The summed E-state index contributed by atoms with van der Waals surface area (Å²) in [4.78, 5) is 17.6. The average Bonchev–Trinajstić information content (AvgIpc) is 3.04. The average molecular weight is 335 g/mol. The van der Waals surface area contributed by atoms with Crippen LogP contribution in [0, 0.1) is 0 Å². The molecular formula is C19H27ClN2O. The van der Waals surface area contributed by atoms with E-state index in [-0.39, 0.29) is 6.04 Å². The molecular weight excluding hydrogens is 308 g/mol. The SMILES string of the molecule is CCC1CCCCN1C(=O)[C@H]1CCCN1Cc1ccc(Cl)cc1. The van der Waals surface area contributed by atoms with Crippen LogP contribution in [-0.4, -0.2) is 40.9 Å². The molecule has 2 heterocycles. The molecule has 23 heavy (non-hydrogen) atoms. The zero-order chi connectivity index (χ0) is 16.2. The first-order chi connectivity index (χ1) is 11.2. The second-order valence-corrected chi connectivity index (χ2v) is 7.28. The molecule has 126 valence electrons. The minimum absolute atomic E-state index is 0.0674. The number of halogens is 1. The molecule has 1 aromatic carbocycles. The molecule has 2 saturated heterocycles. The van der Waals surface area contributed by atoms with E-state index in [1.165, 1.54) is 18.4 Å². The highest BCUT2D eigenvalue weighted by molar-refractivity contribution is 6.30. The second-order valence-electron chi connectivity index (χ2n) is 6.84. The molecule has 0 saturated carbocycles. The smallest absolute Gasteiger partial charge is 0.240 e. The number of benzene rings is 1. The molecule has 0 aromatic heterocycles. The van der Waals surface area contributed by atoms with Crippen LogP contribution in [0.5, 0.6) is 0 Å². The second kappa shape index (κ2) is 7.67. The molecule has 2 aliphatic heterocycles. The third-order valence-electron chi connectivity index (χ3n) is 5.33. The van der Waals surface area contributed by atoms with E-state index in [1.807, 2.05) is 12.1 Å². The summed E-state index contributed by atoms with van der Waals surface area (Å²) in [6.45, 7) is 5.01. The minimum Gasteiger partial charge on any atom is -0.338 e. The Morgan fingerprint density at radius 2 is 1.91 bits per heavy atom. The predicted molar refractivity (Wildman–Crippen MR) is 94.5 cm³/mol. The lowest BCUT2D eigenvalue weighted by atomic mass is 9.98. The van der Waals surface area contributed by atoms with E-state index in [0.29, 0.717) is 11.9 Å². The van der Waals surface area contributed by atoms with E-state index in [1.54, 1.807) is 0 Å².